The molecule has 0 fully saturated rings. The van der Waals surface area contributed by atoms with Gasteiger partial charge in [0.15, 0.2) is 0 Å². The van der Waals surface area contributed by atoms with Gasteiger partial charge in [-0.05, 0) is 50.3 Å². The summed E-state index contributed by atoms with van der Waals surface area (Å²) < 4.78 is 2.36. The Morgan fingerprint density at radius 2 is 2.05 bits per heavy atom. The minimum absolute atomic E-state index is 0.319. The number of hydrogen-bond acceptors (Lipinski definition) is 8. The summed E-state index contributed by atoms with van der Waals surface area (Å²) in [6.07, 6.45) is 1.61. The third kappa shape index (κ3) is 3.01. The van der Waals surface area contributed by atoms with Crippen LogP contribution in [0.15, 0.2) is 51.2 Å². The van der Waals surface area contributed by atoms with Gasteiger partial charge in [0.2, 0.25) is 11.1 Å². The Morgan fingerprint density at radius 3 is 2.81 bits per heavy atom. The number of halogens is 1. The van der Waals surface area contributed by atoms with Crippen LogP contribution in [0.4, 0.5) is 5.95 Å². The monoisotopic (exact) mass is 364 g/mol. The number of hydrogen-bond donors (Lipinski definition) is 2. The lowest BCUT2D eigenvalue weighted by Crippen LogP contribution is -2.10. The van der Waals surface area contributed by atoms with Crippen molar-refractivity contribution < 1.29 is 0 Å². The number of tetrazole rings is 1. The van der Waals surface area contributed by atoms with Gasteiger partial charge in [0.05, 0.1) is 10.2 Å². The molecule has 8 nitrogen and oxygen atoms in total. The Labute approximate surface area is 132 Å². The fourth-order valence-electron chi connectivity index (χ4n) is 1.55. The maximum absolute atomic E-state index is 5.32. The zero-order valence-electron chi connectivity index (χ0n) is 10.5. The minimum Gasteiger partial charge on any atom is -0.292 e. The van der Waals surface area contributed by atoms with Gasteiger partial charge in [-0.3, -0.25) is 5.43 Å². The molecule has 0 aliphatic heterocycles. The first kappa shape index (κ1) is 13.9. The molecule has 0 atom stereocenters. The molecule has 0 aliphatic rings. The zero-order valence-corrected chi connectivity index (χ0v) is 12.9. The van der Waals surface area contributed by atoms with Crippen molar-refractivity contribution in [2.75, 3.05) is 5.43 Å². The third-order valence-electron chi connectivity index (χ3n) is 2.47. The Balaban J connectivity index is 1.95. The average Bonchev–Trinajstić information content (AvgIpc) is 2.98. The Kier molecular flexibility index (Phi) is 4.08. The first-order valence-corrected chi connectivity index (χ1v) is 7.39. The molecule has 0 saturated heterocycles. The molecular formula is C11H9BrN8S. The number of nitrogens with one attached hydrogen (secondary N) is 1. The predicted octanol–water partition coefficient (Wildman–Crippen LogP) is 1.65. The summed E-state index contributed by atoms with van der Waals surface area (Å²) in [5, 5.41) is 13.0. The summed E-state index contributed by atoms with van der Waals surface area (Å²) in [4.78, 5) is 8.26. The molecule has 0 unspecified atom stereocenters. The van der Waals surface area contributed by atoms with Gasteiger partial charge in [-0.1, -0.05) is 18.2 Å². The molecule has 21 heavy (non-hydrogen) atoms. The lowest BCUT2D eigenvalue weighted by atomic mass is 10.3. The van der Waals surface area contributed by atoms with E-state index >= 15 is 0 Å². The van der Waals surface area contributed by atoms with Crippen LogP contribution in [0, 0.1) is 0 Å². The molecule has 0 saturated carbocycles. The van der Waals surface area contributed by atoms with Crippen molar-refractivity contribution in [3.05, 3.63) is 41.0 Å². The van der Waals surface area contributed by atoms with Crippen molar-refractivity contribution in [3.63, 3.8) is 0 Å². The van der Waals surface area contributed by atoms with Crippen LogP contribution in [-0.4, -0.2) is 30.2 Å². The number of nitrogens with zero attached hydrogens (tertiary/aromatic N) is 6. The van der Waals surface area contributed by atoms with Gasteiger partial charge in [0.25, 0.3) is 0 Å². The van der Waals surface area contributed by atoms with Crippen molar-refractivity contribution in [1.82, 2.24) is 30.2 Å². The highest BCUT2D eigenvalue weighted by Crippen LogP contribution is 2.31. The van der Waals surface area contributed by atoms with E-state index in [1.807, 2.05) is 30.3 Å². The quantitative estimate of drug-likeness (QED) is 0.408. The van der Waals surface area contributed by atoms with E-state index in [4.69, 9.17) is 5.84 Å². The number of nitrogens with two attached hydrogens (primary N) is 1. The first-order valence-electron chi connectivity index (χ1n) is 5.79. The molecule has 2 heterocycles. The molecule has 106 valence electrons. The minimum atomic E-state index is 0.319. The molecule has 0 spiro atoms. The fraction of sp³-hybridized carbons (Fsp3) is 0. The van der Waals surface area contributed by atoms with Crippen molar-refractivity contribution in [3.8, 4) is 5.69 Å². The van der Waals surface area contributed by atoms with Crippen LogP contribution >= 0.6 is 27.7 Å². The molecule has 10 heteroatoms. The van der Waals surface area contributed by atoms with Gasteiger partial charge in [0.1, 0.15) is 5.03 Å². The molecule has 3 aromatic rings. The number of aromatic nitrogens is 6. The fourth-order valence-corrected chi connectivity index (χ4v) is 2.75. The number of hydrazine groups is 1. The van der Waals surface area contributed by atoms with Gasteiger partial charge < -0.3 is 0 Å². The van der Waals surface area contributed by atoms with Gasteiger partial charge in [-0.2, -0.15) is 4.68 Å². The second-order valence-corrected chi connectivity index (χ2v) is 5.61. The molecule has 0 aliphatic carbocycles. The Bertz CT molecular complexity index is 747. The van der Waals surface area contributed by atoms with Crippen LogP contribution < -0.4 is 11.3 Å². The summed E-state index contributed by atoms with van der Waals surface area (Å²) in [5.41, 5.74) is 3.27. The van der Waals surface area contributed by atoms with Crippen molar-refractivity contribution >= 4 is 33.6 Å². The van der Waals surface area contributed by atoms with Crippen LogP contribution in [0.5, 0.6) is 0 Å². The number of benzene rings is 1. The molecule has 1 aromatic carbocycles. The number of anilines is 1. The molecule has 2 aromatic heterocycles. The van der Waals surface area contributed by atoms with Gasteiger partial charge in [-0.25, -0.2) is 15.8 Å². The summed E-state index contributed by atoms with van der Waals surface area (Å²) in [6, 6.07) is 9.61. The third-order valence-corrected chi connectivity index (χ3v) is 4.26. The SMILES string of the molecule is NNc1ncc(Br)c(Sc2nnnn2-c2ccccc2)n1. The van der Waals surface area contributed by atoms with E-state index in [1.165, 1.54) is 11.8 Å². The number of rotatable bonds is 4. The second kappa shape index (κ2) is 6.16. The molecule has 0 radical (unpaired) electrons. The molecule has 3 N–H and O–H groups in total. The van der Waals surface area contributed by atoms with Crippen LogP contribution in [0.3, 0.4) is 0 Å². The van der Waals surface area contributed by atoms with E-state index < -0.39 is 0 Å². The molecule has 0 amide bonds. The summed E-state index contributed by atoms with van der Waals surface area (Å²) in [5.74, 6) is 5.64. The first-order chi connectivity index (χ1) is 10.3. The second-order valence-electron chi connectivity index (χ2n) is 3.80. The predicted molar refractivity (Wildman–Crippen MR) is 80.8 cm³/mol. The van der Waals surface area contributed by atoms with Crippen molar-refractivity contribution in [1.29, 1.82) is 0 Å². The van der Waals surface area contributed by atoms with Crippen LogP contribution in [0.2, 0.25) is 0 Å². The number of para-hydroxylation sites is 1. The lowest BCUT2D eigenvalue weighted by Gasteiger charge is -2.06. The van der Waals surface area contributed by atoms with E-state index in [9.17, 15) is 0 Å². The summed E-state index contributed by atoms with van der Waals surface area (Å²) in [7, 11) is 0. The summed E-state index contributed by atoms with van der Waals surface area (Å²) in [6.45, 7) is 0. The van der Waals surface area contributed by atoms with Crippen LogP contribution in [0.1, 0.15) is 0 Å². The molecule has 0 bridgehead atoms. The van der Waals surface area contributed by atoms with Crippen LogP contribution in [0.25, 0.3) is 5.69 Å². The molecule has 3 rings (SSSR count). The summed E-state index contributed by atoms with van der Waals surface area (Å²) >= 11 is 4.70. The van der Waals surface area contributed by atoms with E-state index in [2.05, 4.69) is 46.8 Å². The van der Waals surface area contributed by atoms with Crippen LogP contribution in [-0.2, 0) is 0 Å². The normalized spacial score (nSPS) is 10.6. The van der Waals surface area contributed by atoms with E-state index in [0.29, 0.717) is 16.1 Å². The average molecular weight is 365 g/mol. The van der Waals surface area contributed by atoms with Crippen molar-refractivity contribution in [2.24, 2.45) is 5.84 Å². The lowest BCUT2D eigenvalue weighted by molar-refractivity contribution is 0.755. The van der Waals surface area contributed by atoms with E-state index in [0.717, 1.165) is 10.2 Å². The smallest absolute Gasteiger partial charge is 0.238 e. The highest BCUT2D eigenvalue weighted by atomic mass is 79.9. The Morgan fingerprint density at radius 1 is 1.24 bits per heavy atom. The van der Waals surface area contributed by atoms with E-state index in [-0.39, 0.29) is 0 Å². The maximum Gasteiger partial charge on any atom is 0.238 e. The highest BCUT2D eigenvalue weighted by Gasteiger charge is 2.14. The Hall–Kier alpha value is -2.04. The standard InChI is InChI=1S/C11H9BrN8S/c12-8-6-14-10(16-13)15-9(8)21-11-17-18-19-20(11)7-4-2-1-3-5-7/h1-6H,13H2,(H,14,15,16). The van der Waals surface area contributed by atoms with Crippen molar-refractivity contribution in [2.45, 2.75) is 10.2 Å². The molecular weight excluding hydrogens is 356 g/mol. The largest absolute Gasteiger partial charge is 0.292 e. The maximum atomic E-state index is 5.32. The van der Waals surface area contributed by atoms with E-state index in [1.54, 1.807) is 10.9 Å². The van der Waals surface area contributed by atoms with Gasteiger partial charge in [-0.15, -0.1) is 5.10 Å². The van der Waals surface area contributed by atoms with Gasteiger partial charge >= 0.3 is 0 Å². The zero-order chi connectivity index (χ0) is 14.7. The highest BCUT2D eigenvalue weighted by molar-refractivity contribution is 9.10. The topological polar surface area (TPSA) is 107 Å². The van der Waals surface area contributed by atoms with Gasteiger partial charge in [0, 0.05) is 6.20 Å². The number of nitrogen functional groups attached to an aromatic ring is 1.